The van der Waals surface area contributed by atoms with Gasteiger partial charge in [-0.15, -0.1) is 0 Å². The zero-order chi connectivity index (χ0) is 11.8. The second kappa shape index (κ2) is 7.45. The van der Waals surface area contributed by atoms with Crippen LogP contribution in [0.3, 0.4) is 0 Å². The predicted octanol–water partition coefficient (Wildman–Crippen LogP) is 3.99. The van der Waals surface area contributed by atoms with Crippen molar-refractivity contribution in [2.45, 2.75) is 52.6 Å². The minimum Gasteiger partial charge on any atom is -0.310 e. The highest BCUT2D eigenvalue weighted by atomic mass is 14.9. The molecule has 2 atom stereocenters. The lowest BCUT2D eigenvalue weighted by atomic mass is 9.97. The van der Waals surface area contributed by atoms with E-state index >= 15 is 0 Å². The fraction of sp³-hybridized carbons (Fsp3) is 0.600. The van der Waals surface area contributed by atoms with Gasteiger partial charge in [-0.2, -0.15) is 0 Å². The Labute approximate surface area is 100 Å². The van der Waals surface area contributed by atoms with Crippen LogP contribution in [0.25, 0.3) is 0 Å². The third-order valence-electron chi connectivity index (χ3n) is 3.31. The summed E-state index contributed by atoms with van der Waals surface area (Å²) in [5, 5.41) is 3.65. The van der Waals surface area contributed by atoms with E-state index in [0.29, 0.717) is 6.04 Å². The van der Waals surface area contributed by atoms with Crippen molar-refractivity contribution in [1.82, 2.24) is 5.32 Å². The molecule has 1 rings (SSSR count). The second-order valence-electron chi connectivity index (χ2n) is 4.72. The van der Waals surface area contributed by atoms with Gasteiger partial charge in [-0.1, -0.05) is 57.5 Å². The van der Waals surface area contributed by atoms with Gasteiger partial charge >= 0.3 is 0 Å². The van der Waals surface area contributed by atoms with Crippen LogP contribution in [0.15, 0.2) is 30.3 Å². The molecule has 0 spiro atoms. The van der Waals surface area contributed by atoms with Crippen LogP contribution in [-0.4, -0.2) is 6.04 Å². The van der Waals surface area contributed by atoms with Gasteiger partial charge in [0, 0.05) is 12.6 Å². The third-order valence-corrected chi connectivity index (χ3v) is 3.31. The highest BCUT2D eigenvalue weighted by molar-refractivity contribution is 5.14. The first kappa shape index (κ1) is 13.2. The summed E-state index contributed by atoms with van der Waals surface area (Å²) >= 11 is 0. The molecule has 0 amide bonds. The Morgan fingerprint density at radius 1 is 1.06 bits per heavy atom. The van der Waals surface area contributed by atoms with Crippen LogP contribution < -0.4 is 5.32 Å². The molecule has 0 aliphatic rings. The monoisotopic (exact) mass is 219 g/mol. The van der Waals surface area contributed by atoms with Gasteiger partial charge < -0.3 is 5.32 Å². The van der Waals surface area contributed by atoms with Crippen LogP contribution in [0.2, 0.25) is 0 Å². The van der Waals surface area contributed by atoms with E-state index in [4.69, 9.17) is 0 Å². The average Bonchev–Trinajstić information content (AvgIpc) is 2.35. The van der Waals surface area contributed by atoms with Crippen molar-refractivity contribution in [3.05, 3.63) is 35.9 Å². The van der Waals surface area contributed by atoms with Gasteiger partial charge in [-0.05, 0) is 24.3 Å². The maximum atomic E-state index is 3.65. The quantitative estimate of drug-likeness (QED) is 0.731. The van der Waals surface area contributed by atoms with Crippen molar-refractivity contribution in [2.24, 2.45) is 5.92 Å². The lowest BCUT2D eigenvalue weighted by molar-refractivity contribution is 0.384. The summed E-state index contributed by atoms with van der Waals surface area (Å²) in [6.07, 6.45) is 3.79. The van der Waals surface area contributed by atoms with Gasteiger partial charge in [0.1, 0.15) is 0 Å². The summed E-state index contributed by atoms with van der Waals surface area (Å²) < 4.78 is 0. The molecule has 0 aliphatic carbocycles. The highest BCUT2D eigenvalue weighted by Gasteiger charge is 2.09. The molecule has 0 radical (unpaired) electrons. The number of nitrogens with one attached hydrogen (secondary N) is 1. The smallest absolute Gasteiger partial charge is 0.0208 e. The molecule has 0 heterocycles. The van der Waals surface area contributed by atoms with Crippen molar-refractivity contribution in [3.63, 3.8) is 0 Å². The molecule has 16 heavy (non-hydrogen) atoms. The normalized spacial score (nSPS) is 14.7. The summed E-state index contributed by atoms with van der Waals surface area (Å²) in [6.45, 7) is 7.88. The van der Waals surface area contributed by atoms with E-state index in [-0.39, 0.29) is 0 Å². The molecule has 0 fully saturated rings. The Kier molecular flexibility index (Phi) is 6.17. The third kappa shape index (κ3) is 4.80. The first-order chi connectivity index (χ1) is 7.76. The number of hydrogen-bond acceptors (Lipinski definition) is 1. The van der Waals surface area contributed by atoms with E-state index in [1.165, 1.54) is 24.8 Å². The molecule has 0 aliphatic heterocycles. The maximum Gasteiger partial charge on any atom is 0.0208 e. The van der Waals surface area contributed by atoms with E-state index < -0.39 is 0 Å². The molecular formula is C15H25N. The molecule has 2 unspecified atom stereocenters. The minimum atomic E-state index is 0.662. The van der Waals surface area contributed by atoms with E-state index in [0.717, 1.165) is 12.5 Å². The predicted molar refractivity (Wildman–Crippen MR) is 71.4 cm³/mol. The minimum absolute atomic E-state index is 0.662. The lowest BCUT2D eigenvalue weighted by Gasteiger charge is -2.20. The van der Waals surface area contributed by atoms with Gasteiger partial charge in [-0.3, -0.25) is 0 Å². The lowest BCUT2D eigenvalue weighted by Crippen LogP contribution is -2.29. The fourth-order valence-corrected chi connectivity index (χ4v) is 1.90. The largest absolute Gasteiger partial charge is 0.310 e. The van der Waals surface area contributed by atoms with Crippen LogP contribution in [0, 0.1) is 5.92 Å². The average molecular weight is 219 g/mol. The molecule has 1 aromatic carbocycles. The summed E-state index contributed by atoms with van der Waals surface area (Å²) in [6, 6.07) is 11.3. The van der Waals surface area contributed by atoms with E-state index in [2.05, 4.69) is 56.4 Å². The molecule has 90 valence electrons. The van der Waals surface area contributed by atoms with Gasteiger partial charge in [0.15, 0.2) is 0 Å². The van der Waals surface area contributed by atoms with E-state index in [1.54, 1.807) is 0 Å². The summed E-state index contributed by atoms with van der Waals surface area (Å²) in [7, 11) is 0. The first-order valence-corrected chi connectivity index (χ1v) is 6.53. The Balaban J connectivity index is 2.34. The number of rotatable bonds is 7. The van der Waals surface area contributed by atoms with Crippen molar-refractivity contribution in [1.29, 1.82) is 0 Å². The SMILES string of the molecule is CCC(C)CC(CC)NCc1ccccc1. The Bertz CT molecular complexity index is 268. The van der Waals surface area contributed by atoms with Crippen molar-refractivity contribution >= 4 is 0 Å². The Hall–Kier alpha value is -0.820. The highest BCUT2D eigenvalue weighted by Crippen LogP contribution is 2.12. The molecule has 1 nitrogen and oxygen atoms in total. The Morgan fingerprint density at radius 2 is 1.75 bits per heavy atom. The fourth-order valence-electron chi connectivity index (χ4n) is 1.90. The molecule has 0 aromatic heterocycles. The summed E-state index contributed by atoms with van der Waals surface area (Å²) in [5.74, 6) is 0.827. The van der Waals surface area contributed by atoms with Gasteiger partial charge in [0.25, 0.3) is 0 Å². The topological polar surface area (TPSA) is 12.0 Å². The summed E-state index contributed by atoms with van der Waals surface area (Å²) in [4.78, 5) is 0. The maximum absolute atomic E-state index is 3.65. The van der Waals surface area contributed by atoms with E-state index in [9.17, 15) is 0 Å². The molecule has 1 heteroatoms. The van der Waals surface area contributed by atoms with Crippen LogP contribution in [0.4, 0.5) is 0 Å². The molecule has 1 aromatic rings. The first-order valence-electron chi connectivity index (χ1n) is 6.53. The number of hydrogen-bond donors (Lipinski definition) is 1. The zero-order valence-corrected chi connectivity index (χ0v) is 10.9. The summed E-state index contributed by atoms with van der Waals surface area (Å²) in [5.41, 5.74) is 1.38. The van der Waals surface area contributed by atoms with Crippen molar-refractivity contribution in [2.75, 3.05) is 0 Å². The van der Waals surface area contributed by atoms with Crippen molar-refractivity contribution < 1.29 is 0 Å². The molecular weight excluding hydrogens is 194 g/mol. The molecule has 0 saturated heterocycles. The van der Waals surface area contributed by atoms with Crippen LogP contribution in [0.5, 0.6) is 0 Å². The Morgan fingerprint density at radius 3 is 2.31 bits per heavy atom. The second-order valence-corrected chi connectivity index (χ2v) is 4.72. The molecule has 0 bridgehead atoms. The zero-order valence-electron chi connectivity index (χ0n) is 10.9. The standard InChI is InChI=1S/C15H25N/c1-4-13(3)11-15(5-2)16-12-14-9-7-6-8-10-14/h6-10,13,15-16H,4-5,11-12H2,1-3H3. The molecule has 0 saturated carbocycles. The van der Waals surface area contributed by atoms with Crippen molar-refractivity contribution in [3.8, 4) is 0 Å². The van der Waals surface area contributed by atoms with Crippen LogP contribution in [-0.2, 0) is 6.54 Å². The number of benzene rings is 1. The van der Waals surface area contributed by atoms with Crippen LogP contribution in [0.1, 0.15) is 45.6 Å². The van der Waals surface area contributed by atoms with Crippen LogP contribution >= 0.6 is 0 Å². The van der Waals surface area contributed by atoms with Gasteiger partial charge in [0.05, 0.1) is 0 Å². The van der Waals surface area contributed by atoms with Gasteiger partial charge in [-0.25, -0.2) is 0 Å². The van der Waals surface area contributed by atoms with Gasteiger partial charge in [0.2, 0.25) is 0 Å². The van der Waals surface area contributed by atoms with E-state index in [1.807, 2.05) is 0 Å². The molecule has 1 N–H and O–H groups in total.